The second kappa shape index (κ2) is 12.3. The summed E-state index contributed by atoms with van der Waals surface area (Å²) in [6.07, 6.45) is 5.97. The zero-order chi connectivity index (χ0) is 23.7. The number of carbonyl (C=O) groups excluding carboxylic acids is 2. The van der Waals surface area contributed by atoms with Gasteiger partial charge in [-0.15, -0.1) is 0 Å². The molecule has 0 atom stereocenters. The van der Waals surface area contributed by atoms with Crippen LogP contribution in [0.2, 0.25) is 0 Å². The predicted octanol–water partition coefficient (Wildman–Crippen LogP) is 4.80. The lowest BCUT2D eigenvalue weighted by Gasteiger charge is -2.34. The molecule has 2 fully saturated rings. The predicted molar refractivity (Wildman–Crippen MR) is 129 cm³/mol. The Bertz CT molecular complexity index is 734. The average molecular weight is 460 g/mol. The van der Waals surface area contributed by atoms with E-state index in [-0.39, 0.29) is 18.2 Å². The minimum absolute atomic E-state index is 0.179. The molecule has 0 bridgehead atoms. The molecule has 2 heterocycles. The smallest absolute Gasteiger partial charge is 0.410 e. The first kappa shape index (κ1) is 25.3. The lowest BCUT2D eigenvalue weighted by Crippen LogP contribution is -2.45. The lowest BCUT2D eigenvalue weighted by molar-refractivity contribution is 0.0179. The van der Waals surface area contributed by atoms with E-state index in [9.17, 15) is 9.59 Å². The number of amides is 2. The minimum Gasteiger partial charge on any atom is -0.445 e. The Hall–Kier alpha value is -2.28. The second-order valence-corrected chi connectivity index (χ2v) is 10.4. The summed E-state index contributed by atoms with van der Waals surface area (Å²) in [5.74, 6) is 0.697. The van der Waals surface area contributed by atoms with Crippen LogP contribution in [0, 0.1) is 5.92 Å². The van der Waals surface area contributed by atoms with Crippen molar-refractivity contribution in [1.82, 2.24) is 15.1 Å². The fourth-order valence-corrected chi connectivity index (χ4v) is 4.57. The molecular formula is C26H41N3O4. The summed E-state index contributed by atoms with van der Waals surface area (Å²) in [6.45, 7) is 10.8. The van der Waals surface area contributed by atoms with Gasteiger partial charge in [-0.25, -0.2) is 9.59 Å². The summed E-state index contributed by atoms with van der Waals surface area (Å²) in [4.78, 5) is 28.6. The van der Waals surface area contributed by atoms with E-state index >= 15 is 0 Å². The highest BCUT2D eigenvalue weighted by Crippen LogP contribution is 2.24. The van der Waals surface area contributed by atoms with Gasteiger partial charge in [0.15, 0.2) is 0 Å². The van der Waals surface area contributed by atoms with Gasteiger partial charge < -0.3 is 24.6 Å². The number of alkyl carbamates (subject to hydrolysis) is 1. The summed E-state index contributed by atoms with van der Waals surface area (Å²) in [5, 5.41) is 3.01. The summed E-state index contributed by atoms with van der Waals surface area (Å²) in [7, 11) is 0. The van der Waals surface area contributed by atoms with E-state index in [1.54, 1.807) is 0 Å². The zero-order valence-electron chi connectivity index (χ0n) is 20.6. The molecule has 1 aromatic carbocycles. The highest BCUT2D eigenvalue weighted by atomic mass is 16.6. The topological polar surface area (TPSA) is 71.1 Å². The number of likely N-dealkylation sites (tertiary alicyclic amines) is 2. The molecular weight excluding hydrogens is 418 g/mol. The van der Waals surface area contributed by atoms with Crippen molar-refractivity contribution in [2.75, 3.05) is 32.7 Å². The Morgan fingerprint density at radius 3 is 2.30 bits per heavy atom. The number of rotatable bonds is 7. The molecule has 2 saturated heterocycles. The average Bonchev–Trinajstić information content (AvgIpc) is 2.79. The number of carbonyl (C=O) groups is 2. The van der Waals surface area contributed by atoms with Crippen LogP contribution in [0.1, 0.15) is 64.9 Å². The molecule has 0 radical (unpaired) electrons. The summed E-state index contributed by atoms with van der Waals surface area (Å²) in [6, 6.07) is 9.94. The van der Waals surface area contributed by atoms with Crippen molar-refractivity contribution in [3.63, 3.8) is 0 Å². The molecule has 1 N–H and O–H groups in total. The fourth-order valence-electron chi connectivity index (χ4n) is 4.57. The maximum Gasteiger partial charge on any atom is 0.410 e. The maximum atomic E-state index is 12.2. The number of hydrogen-bond donors (Lipinski definition) is 1. The minimum atomic E-state index is -0.431. The van der Waals surface area contributed by atoms with E-state index in [4.69, 9.17) is 9.47 Å². The number of nitrogens with one attached hydrogen (secondary N) is 1. The van der Waals surface area contributed by atoms with Gasteiger partial charge in [-0.3, -0.25) is 0 Å². The van der Waals surface area contributed by atoms with Gasteiger partial charge in [0.25, 0.3) is 0 Å². The Morgan fingerprint density at radius 2 is 1.67 bits per heavy atom. The largest absolute Gasteiger partial charge is 0.445 e. The Labute approximate surface area is 198 Å². The Balaban J connectivity index is 1.23. The maximum absolute atomic E-state index is 12.2. The molecule has 1 aromatic rings. The SMILES string of the molecule is CC(C)(C)OC(=O)N1CCC(CCCN2CCC(NC(=O)OCc3ccccc3)CC2)CC1. The number of nitrogens with zero attached hydrogens (tertiary/aromatic N) is 2. The van der Waals surface area contributed by atoms with Crippen molar-refractivity contribution in [2.45, 2.75) is 77.5 Å². The van der Waals surface area contributed by atoms with Crippen LogP contribution in [0.15, 0.2) is 30.3 Å². The van der Waals surface area contributed by atoms with Crippen molar-refractivity contribution in [3.05, 3.63) is 35.9 Å². The molecule has 0 aliphatic carbocycles. The summed E-state index contributed by atoms with van der Waals surface area (Å²) < 4.78 is 10.8. The quantitative estimate of drug-likeness (QED) is 0.634. The van der Waals surface area contributed by atoms with Gasteiger partial charge in [-0.05, 0) is 77.3 Å². The van der Waals surface area contributed by atoms with Gasteiger partial charge in [-0.2, -0.15) is 0 Å². The first-order valence-electron chi connectivity index (χ1n) is 12.5. The van der Waals surface area contributed by atoms with Gasteiger partial charge in [0.05, 0.1) is 0 Å². The van der Waals surface area contributed by atoms with E-state index in [0.29, 0.717) is 12.5 Å². The first-order valence-corrected chi connectivity index (χ1v) is 12.5. The Kier molecular flexibility index (Phi) is 9.41. The monoisotopic (exact) mass is 459 g/mol. The molecule has 7 nitrogen and oxygen atoms in total. The third-order valence-electron chi connectivity index (χ3n) is 6.48. The first-order chi connectivity index (χ1) is 15.8. The zero-order valence-corrected chi connectivity index (χ0v) is 20.6. The Morgan fingerprint density at radius 1 is 1.00 bits per heavy atom. The van der Waals surface area contributed by atoms with Crippen molar-refractivity contribution in [3.8, 4) is 0 Å². The van der Waals surface area contributed by atoms with E-state index in [2.05, 4.69) is 10.2 Å². The van der Waals surface area contributed by atoms with Gasteiger partial charge >= 0.3 is 12.2 Å². The normalized spacial score (nSPS) is 18.7. The van der Waals surface area contributed by atoms with Gasteiger partial charge in [0.2, 0.25) is 0 Å². The fraction of sp³-hybridized carbons (Fsp3) is 0.692. The van der Waals surface area contributed by atoms with Crippen LogP contribution < -0.4 is 5.32 Å². The van der Waals surface area contributed by atoms with Crippen LogP contribution in [-0.2, 0) is 16.1 Å². The highest BCUT2D eigenvalue weighted by molar-refractivity contribution is 5.68. The molecule has 2 aliphatic heterocycles. The van der Waals surface area contributed by atoms with Crippen molar-refractivity contribution < 1.29 is 19.1 Å². The van der Waals surface area contributed by atoms with Gasteiger partial charge in [0, 0.05) is 32.2 Å². The highest BCUT2D eigenvalue weighted by Gasteiger charge is 2.27. The third-order valence-corrected chi connectivity index (χ3v) is 6.48. The second-order valence-electron chi connectivity index (χ2n) is 10.4. The van der Waals surface area contributed by atoms with Gasteiger partial charge in [-0.1, -0.05) is 30.3 Å². The molecule has 2 aliphatic rings. The lowest BCUT2D eigenvalue weighted by atomic mass is 9.92. The number of piperidine rings is 2. The van der Waals surface area contributed by atoms with Crippen molar-refractivity contribution >= 4 is 12.2 Å². The summed E-state index contributed by atoms with van der Waals surface area (Å²) in [5.41, 5.74) is 0.567. The van der Waals surface area contributed by atoms with Crippen molar-refractivity contribution in [2.24, 2.45) is 5.92 Å². The van der Waals surface area contributed by atoms with Gasteiger partial charge in [0.1, 0.15) is 12.2 Å². The molecule has 7 heteroatoms. The number of benzene rings is 1. The standard InChI is InChI=1S/C26H41N3O4/c1-26(2,3)33-25(31)29-18-11-21(12-19-29)10-7-15-28-16-13-23(14-17-28)27-24(30)32-20-22-8-5-4-6-9-22/h4-6,8-9,21,23H,7,10-20H2,1-3H3,(H,27,30). The number of ether oxygens (including phenoxy) is 2. The molecule has 2 amide bonds. The van der Waals surface area contributed by atoms with E-state index in [0.717, 1.165) is 64.0 Å². The molecule has 0 spiro atoms. The van der Waals surface area contributed by atoms with Crippen molar-refractivity contribution in [1.29, 1.82) is 0 Å². The number of hydrogen-bond acceptors (Lipinski definition) is 5. The van der Waals surface area contributed by atoms with Crippen LogP contribution in [0.5, 0.6) is 0 Å². The molecule has 184 valence electrons. The van der Waals surface area contributed by atoms with Crippen LogP contribution in [0.25, 0.3) is 0 Å². The molecule has 0 aromatic heterocycles. The van der Waals surface area contributed by atoms with Crippen LogP contribution >= 0.6 is 0 Å². The van der Waals surface area contributed by atoms with Crippen LogP contribution in [0.4, 0.5) is 9.59 Å². The third kappa shape index (κ3) is 9.24. The van der Waals surface area contributed by atoms with Crippen LogP contribution in [-0.4, -0.2) is 66.4 Å². The molecule has 0 unspecified atom stereocenters. The van der Waals surface area contributed by atoms with E-state index < -0.39 is 5.60 Å². The molecule has 33 heavy (non-hydrogen) atoms. The molecule has 3 rings (SSSR count). The van der Waals surface area contributed by atoms with Crippen LogP contribution in [0.3, 0.4) is 0 Å². The van der Waals surface area contributed by atoms with E-state index in [1.807, 2.05) is 56.0 Å². The molecule has 0 saturated carbocycles. The van der Waals surface area contributed by atoms with E-state index in [1.165, 1.54) is 12.8 Å². The summed E-state index contributed by atoms with van der Waals surface area (Å²) >= 11 is 0.